The van der Waals surface area contributed by atoms with Gasteiger partial charge in [0.25, 0.3) is 0 Å². The highest BCUT2D eigenvalue weighted by molar-refractivity contribution is 5.84. The molecule has 13 heavy (non-hydrogen) atoms. The minimum absolute atomic E-state index is 0.0672. The summed E-state index contributed by atoms with van der Waals surface area (Å²) in [5.74, 6) is -0.209. The van der Waals surface area contributed by atoms with E-state index in [2.05, 4.69) is 5.32 Å². The number of carbonyl (C=O) groups excluding carboxylic acids is 2. The Kier molecular flexibility index (Phi) is 2.59. The van der Waals surface area contributed by atoms with Gasteiger partial charge in [-0.15, -0.1) is 0 Å². The number of ether oxygens (including phenoxy) is 1. The first kappa shape index (κ1) is 10.0. The van der Waals surface area contributed by atoms with Crippen LogP contribution in [0.15, 0.2) is 0 Å². The van der Waals surface area contributed by atoms with Crippen LogP contribution in [0.4, 0.5) is 0 Å². The van der Waals surface area contributed by atoms with E-state index in [4.69, 9.17) is 4.74 Å². The first-order chi connectivity index (χ1) is 5.91. The summed E-state index contributed by atoms with van der Waals surface area (Å²) in [5, 5.41) is 2.79. The van der Waals surface area contributed by atoms with Crippen LogP contribution in [-0.2, 0) is 14.3 Å². The van der Waals surface area contributed by atoms with Crippen molar-refractivity contribution in [1.82, 2.24) is 5.32 Å². The predicted molar refractivity (Wildman–Crippen MR) is 47.0 cm³/mol. The van der Waals surface area contributed by atoms with Gasteiger partial charge in [0.15, 0.2) is 0 Å². The molecule has 0 bridgehead atoms. The standard InChI is InChI=1S/C9H15NO3/c1-6(13-7(2)11)4-9(3)5-8(12)10-9/h6H,4-5H2,1-3H3,(H,10,12). The highest BCUT2D eigenvalue weighted by Gasteiger charge is 2.39. The first-order valence-electron chi connectivity index (χ1n) is 4.39. The molecule has 1 rings (SSSR count). The van der Waals surface area contributed by atoms with Gasteiger partial charge in [-0.05, 0) is 13.8 Å². The molecule has 4 heteroatoms. The summed E-state index contributed by atoms with van der Waals surface area (Å²) in [5.41, 5.74) is -0.175. The normalized spacial score (nSPS) is 28.7. The van der Waals surface area contributed by atoms with E-state index in [0.29, 0.717) is 12.8 Å². The molecule has 1 N–H and O–H groups in total. The molecule has 1 aliphatic heterocycles. The average Bonchev–Trinajstić information content (AvgIpc) is 1.79. The van der Waals surface area contributed by atoms with Gasteiger partial charge >= 0.3 is 5.97 Å². The quantitative estimate of drug-likeness (QED) is 0.517. The summed E-state index contributed by atoms with van der Waals surface area (Å²) >= 11 is 0. The van der Waals surface area contributed by atoms with E-state index in [0.717, 1.165) is 0 Å². The Hall–Kier alpha value is -1.06. The molecule has 0 radical (unpaired) electrons. The van der Waals surface area contributed by atoms with Crippen molar-refractivity contribution in [2.45, 2.75) is 45.3 Å². The Morgan fingerprint density at radius 3 is 2.69 bits per heavy atom. The smallest absolute Gasteiger partial charge is 0.302 e. The van der Waals surface area contributed by atoms with Crippen molar-refractivity contribution in [2.24, 2.45) is 0 Å². The van der Waals surface area contributed by atoms with Crippen LogP contribution in [0.3, 0.4) is 0 Å². The van der Waals surface area contributed by atoms with Gasteiger partial charge in [-0.2, -0.15) is 0 Å². The van der Waals surface area contributed by atoms with Crippen LogP contribution >= 0.6 is 0 Å². The summed E-state index contributed by atoms with van der Waals surface area (Å²) in [6, 6.07) is 0. The lowest BCUT2D eigenvalue weighted by molar-refractivity contribution is -0.147. The van der Waals surface area contributed by atoms with E-state index in [1.54, 1.807) is 0 Å². The second kappa shape index (κ2) is 3.36. The fraction of sp³-hybridized carbons (Fsp3) is 0.778. The molecule has 0 aromatic heterocycles. The molecule has 0 spiro atoms. The van der Waals surface area contributed by atoms with Crippen LogP contribution < -0.4 is 5.32 Å². The van der Waals surface area contributed by atoms with Crippen molar-refractivity contribution < 1.29 is 14.3 Å². The minimum atomic E-state index is -0.276. The maximum Gasteiger partial charge on any atom is 0.302 e. The monoisotopic (exact) mass is 185 g/mol. The van der Waals surface area contributed by atoms with Crippen molar-refractivity contribution in [3.8, 4) is 0 Å². The van der Waals surface area contributed by atoms with E-state index in [1.165, 1.54) is 6.92 Å². The molecule has 1 fully saturated rings. The second-order valence-electron chi connectivity index (χ2n) is 3.91. The molecule has 0 saturated carbocycles. The van der Waals surface area contributed by atoms with E-state index in [9.17, 15) is 9.59 Å². The molecule has 2 unspecified atom stereocenters. The Bertz CT molecular complexity index is 229. The SMILES string of the molecule is CC(=O)OC(C)CC1(C)CC(=O)N1. The fourth-order valence-corrected chi connectivity index (χ4v) is 1.76. The number of amides is 1. The van der Waals surface area contributed by atoms with Gasteiger partial charge in [-0.1, -0.05) is 0 Å². The molecule has 0 aliphatic carbocycles. The minimum Gasteiger partial charge on any atom is -0.463 e. The molecule has 1 amide bonds. The number of carbonyl (C=O) groups is 2. The first-order valence-corrected chi connectivity index (χ1v) is 4.39. The Balaban J connectivity index is 2.32. The highest BCUT2D eigenvalue weighted by atomic mass is 16.5. The van der Waals surface area contributed by atoms with E-state index < -0.39 is 0 Å². The zero-order valence-corrected chi connectivity index (χ0v) is 8.22. The van der Waals surface area contributed by atoms with Crippen LogP contribution in [0.2, 0.25) is 0 Å². The number of esters is 1. The van der Waals surface area contributed by atoms with Crippen molar-refractivity contribution in [2.75, 3.05) is 0 Å². The van der Waals surface area contributed by atoms with Gasteiger partial charge < -0.3 is 10.1 Å². The topological polar surface area (TPSA) is 55.4 Å². The zero-order chi connectivity index (χ0) is 10.1. The van der Waals surface area contributed by atoms with E-state index >= 15 is 0 Å². The summed E-state index contributed by atoms with van der Waals surface area (Å²) in [7, 11) is 0. The van der Waals surface area contributed by atoms with Crippen LogP contribution in [-0.4, -0.2) is 23.5 Å². The summed E-state index contributed by atoms with van der Waals surface area (Å²) in [4.78, 5) is 21.3. The van der Waals surface area contributed by atoms with Gasteiger partial charge in [0.2, 0.25) is 5.91 Å². The number of hydrogen-bond acceptors (Lipinski definition) is 3. The van der Waals surface area contributed by atoms with Crippen molar-refractivity contribution in [3.63, 3.8) is 0 Å². The summed E-state index contributed by atoms with van der Waals surface area (Å²) in [6.45, 7) is 5.17. The summed E-state index contributed by atoms with van der Waals surface area (Å²) < 4.78 is 4.97. The lowest BCUT2D eigenvalue weighted by Gasteiger charge is -2.40. The van der Waals surface area contributed by atoms with Crippen molar-refractivity contribution in [1.29, 1.82) is 0 Å². The molecule has 1 saturated heterocycles. The molecule has 0 aromatic carbocycles. The zero-order valence-electron chi connectivity index (χ0n) is 8.22. The van der Waals surface area contributed by atoms with Gasteiger partial charge in [-0.3, -0.25) is 9.59 Å². The highest BCUT2D eigenvalue weighted by Crippen LogP contribution is 2.25. The maximum atomic E-state index is 10.7. The van der Waals surface area contributed by atoms with Crippen LogP contribution in [0, 0.1) is 0 Å². The van der Waals surface area contributed by atoms with Gasteiger partial charge in [-0.25, -0.2) is 0 Å². The van der Waals surface area contributed by atoms with Crippen LogP contribution in [0.5, 0.6) is 0 Å². The van der Waals surface area contributed by atoms with Crippen molar-refractivity contribution >= 4 is 11.9 Å². The molecule has 1 aliphatic rings. The largest absolute Gasteiger partial charge is 0.463 e. The third kappa shape index (κ3) is 2.72. The van der Waals surface area contributed by atoms with Crippen LogP contribution in [0.1, 0.15) is 33.6 Å². The van der Waals surface area contributed by atoms with Gasteiger partial charge in [0, 0.05) is 25.3 Å². The van der Waals surface area contributed by atoms with Gasteiger partial charge in [0.05, 0.1) is 0 Å². The molecular formula is C9H15NO3. The molecule has 1 heterocycles. The third-order valence-electron chi connectivity index (χ3n) is 2.10. The maximum absolute atomic E-state index is 10.7. The second-order valence-corrected chi connectivity index (χ2v) is 3.91. The molecular weight excluding hydrogens is 170 g/mol. The average molecular weight is 185 g/mol. The Morgan fingerprint density at radius 2 is 2.31 bits per heavy atom. The third-order valence-corrected chi connectivity index (χ3v) is 2.10. The lowest BCUT2D eigenvalue weighted by Crippen LogP contribution is -2.60. The number of nitrogens with one attached hydrogen (secondary N) is 1. The molecule has 0 aromatic rings. The van der Waals surface area contributed by atoms with Crippen LogP contribution in [0.25, 0.3) is 0 Å². The van der Waals surface area contributed by atoms with E-state index in [-0.39, 0.29) is 23.5 Å². The predicted octanol–water partition coefficient (Wildman–Crippen LogP) is 0.607. The number of hydrogen-bond donors (Lipinski definition) is 1. The number of rotatable bonds is 3. The lowest BCUT2D eigenvalue weighted by atomic mass is 9.84. The molecule has 4 nitrogen and oxygen atoms in total. The van der Waals surface area contributed by atoms with Gasteiger partial charge in [0.1, 0.15) is 6.10 Å². The Labute approximate surface area is 77.6 Å². The Morgan fingerprint density at radius 1 is 1.77 bits per heavy atom. The van der Waals surface area contributed by atoms with Crippen molar-refractivity contribution in [3.05, 3.63) is 0 Å². The summed E-state index contributed by atoms with van der Waals surface area (Å²) in [6.07, 6.45) is 1.07. The number of β-lactam (4-membered cyclic amide) rings is 1. The fourth-order valence-electron chi connectivity index (χ4n) is 1.76. The molecule has 2 atom stereocenters. The molecule has 74 valence electrons. The van der Waals surface area contributed by atoms with E-state index in [1.807, 2.05) is 13.8 Å².